The second-order valence-electron chi connectivity index (χ2n) is 8.12. The molecule has 178 valence electrons. The van der Waals surface area contributed by atoms with E-state index in [4.69, 9.17) is 4.74 Å². The first-order valence-corrected chi connectivity index (χ1v) is 11.7. The number of anilines is 1. The number of aromatic nitrogens is 2. The molecule has 1 heterocycles. The lowest BCUT2D eigenvalue weighted by atomic mass is 10.1. The van der Waals surface area contributed by atoms with Crippen LogP contribution in [-0.4, -0.2) is 20.6 Å². The van der Waals surface area contributed by atoms with E-state index in [0.717, 1.165) is 27.3 Å². The molecule has 3 aromatic carbocycles. The van der Waals surface area contributed by atoms with Gasteiger partial charge in [-0.15, -0.1) is 0 Å². The Morgan fingerprint density at radius 1 is 1.00 bits per heavy atom. The smallest absolute Gasteiger partial charge is 0.276 e. The highest BCUT2D eigenvalue weighted by molar-refractivity contribution is 7.99. The van der Waals surface area contributed by atoms with E-state index in [1.54, 1.807) is 18.3 Å². The first-order chi connectivity index (χ1) is 16.8. The Kier molecular flexibility index (Phi) is 7.17. The summed E-state index contributed by atoms with van der Waals surface area (Å²) in [6.45, 7) is 6.12. The highest BCUT2D eigenvalue weighted by Gasteiger charge is 2.15. The minimum Gasteiger partial charge on any atom is -0.471 e. The molecule has 35 heavy (non-hydrogen) atoms. The molecule has 0 aliphatic rings. The number of ether oxygens (including phenoxy) is 1. The highest BCUT2D eigenvalue weighted by atomic mass is 32.2. The quantitative estimate of drug-likeness (QED) is 0.236. The predicted molar refractivity (Wildman–Crippen MR) is 135 cm³/mol. The zero-order chi connectivity index (χ0) is 24.9. The third-order valence-corrected chi connectivity index (χ3v) is 6.15. The zero-order valence-electron chi connectivity index (χ0n) is 19.5. The topological polar surface area (TPSA) is 99.3 Å². The van der Waals surface area contributed by atoms with Crippen molar-refractivity contribution in [3.8, 4) is 5.75 Å². The van der Waals surface area contributed by atoms with Crippen molar-refractivity contribution in [2.45, 2.75) is 37.3 Å². The summed E-state index contributed by atoms with van der Waals surface area (Å²) in [6, 6.07) is 19.8. The molecule has 4 rings (SSSR count). The number of hydrogen-bond donors (Lipinski definition) is 1. The lowest BCUT2D eigenvalue weighted by molar-refractivity contribution is -0.385. The second kappa shape index (κ2) is 10.4. The van der Waals surface area contributed by atoms with E-state index in [-0.39, 0.29) is 18.1 Å². The minimum absolute atomic E-state index is 0.107. The molecular formula is C26H24N4O4S. The van der Waals surface area contributed by atoms with E-state index in [1.807, 2.05) is 63.2 Å². The molecule has 0 aliphatic carbocycles. The lowest BCUT2D eigenvalue weighted by Crippen LogP contribution is -2.14. The highest BCUT2D eigenvalue weighted by Crippen LogP contribution is 2.33. The maximum atomic E-state index is 12.8. The number of nitro groups is 1. The van der Waals surface area contributed by atoms with Gasteiger partial charge in [-0.1, -0.05) is 47.2 Å². The number of rotatable bonds is 8. The molecule has 0 aliphatic heterocycles. The lowest BCUT2D eigenvalue weighted by Gasteiger charge is -2.09. The molecule has 8 nitrogen and oxygen atoms in total. The minimum atomic E-state index is -0.478. The van der Waals surface area contributed by atoms with Gasteiger partial charge in [0, 0.05) is 33.8 Å². The Bertz CT molecular complexity index is 1380. The van der Waals surface area contributed by atoms with Crippen LogP contribution in [0.25, 0.3) is 0 Å². The normalized spacial score (nSPS) is 10.7. The van der Waals surface area contributed by atoms with Gasteiger partial charge in [0.05, 0.1) is 4.92 Å². The molecule has 1 amide bonds. The average molecular weight is 489 g/mol. The number of nitrogens with one attached hydrogen (secondary N) is 1. The fourth-order valence-electron chi connectivity index (χ4n) is 3.41. The summed E-state index contributed by atoms with van der Waals surface area (Å²) in [4.78, 5) is 25.3. The van der Waals surface area contributed by atoms with Gasteiger partial charge in [0.2, 0.25) is 0 Å². The summed E-state index contributed by atoms with van der Waals surface area (Å²) in [5, 5.41) is 18.4. The molecule has 0 saturated carbocycles. The van der Waals surface area contributed by atoms with Crippen LogP contribution in [0.4, 0.5) is 11.4 Å². The van der Waals surface area contributed by atoms with Crippen molar-refractivity contribution < 1.29 is 14.5 Å². The van der Waals surface area contributed by atoms with Crippen molar-refractivity contribution in [1.82, 2.24) is 9.78 Å². The Hall–Kier alpha value is -4.11. The number of benzene rings is 3. The fourth-order valence-corrected chi connectivity index (χ4v) is 4.32. The van der Waals surface area contributed by atoms with E-state index >= 15 is 0 Å². The number of nitro benzene ring substituents is 1. The predicted octanol–water partition coefficient (Wildman–Crippen LogP) is 6.16. The summed E-state index contributed by atoms with van der Waals surface area (Å²) in [7, 11) is 0. The van der Waals surface area contributed by atoms with Crippen LogP contribution in [-0.2, 0) is 6.73 Å². The van der Waals surface area contributed by atoms with Gasteiger partial charge in [-0.2, -0.15) is 5.10 Å². The second-order valence-corrected chi connectivity index (χ2v) is 9.27. The van der Waals surface area contributed by atoms with Crippen molar-refractivity contribution in [3.63, 3.8) is 0 Å². The van der Waals surface area contributed by atoms with E-state index in [0.29, 0.717) is 10.6 Å². The first-order valence-electron chi connectivity index (χ1n) is 10.9. The van der Waals surface area contributed by atoms with Crippen LogP contribution in [0.2, 0.25) is 0 Å². The van der Waals surface area contributed by atoms with Crippen molar-refractivity contribution in [2.24, 2.45) is 0 Å². The van der Waals surface area contributed by atoms with Gasteiger partial charge in [-0.25, -0.2) is 4.68 Å². The van der Waals surface area contributed by atoms with Crippen LogP contribution in [0.1, 0.15) is 27.2 Å². The third-order valence-electron chi connectivity index (χ3n) is 5.17. The molecule has 0 bridgehead atoms. The molecule has 0 unspecified atom stereocenters. The fraction of sp³-hybridized carbons (Fsp3) is 0.154. The number of amides is 1. The number of carbonyl (C=O) groups is 1. The Balaban J connectivity index is 1.46. The van der Waals surface area contributed by atoms with Crippen molar-refractivity contribution in [2.75, 3.05) is 5.32 Å². The molecule has 1 aromatic heterocycles. The zero-order valence-corrected chi connectivity index (χ0v) is 20.3. The molecular weight excluding hydrogens is 464 g/mol. The monoisotopic (exact) mass is 488 g/mol. The van der Waals surface area contributed by atoms with Gasteiger partial charge >= 0.3 is 0 Å². The molecule has 1 N–H and O–H groups in total. The third kappa shape index (κ3) is 6.27. The van der Waals surface area contributed by atoms with E-state index in [2.05, 4.69) is 10.4 Å². The Morgan fingerprint density at radius 3 is 2.46 bits per heavy atom. The number of carbonyl (C=O) groups excluding carboxylic acids is 1. The SMILES string of the molecule is Cc1ccc(Sc2cc(NC(=O)c3ccn(COc4ccc(C)cc4C)n3)cc([N+](=O)[O-])c2)cc1. The summed E-state index contributed by atoms with van der Waals surface area (Å²) in [6.07, 6.45) is 1.64. The van der Waals surface area contributed by atoms with Crippen LogP contribution in [0, 0.1) is 30.9 Å². The standard InChI is InChI=1S/C26H24N4O4S/c1-17-4-7-22(8-5-17)35-23-14-20(13-21(15-23)30(32)33)27-26(31)24-10-11-29(28-24)16-34-25-9-6-18(2)12-19(25)3/h4-15H,16H2,1-3H3,(H,27,31). The van der Waals surface area contributed by atoms with Crippen LogP contribution in [0.5, 0.6) is 5.75 Å². The average Bonchev–Trinajstić information content (AvgIpc) is 3.29. The largest absolute Gasteiger partial charge is 0.471 e. The molecule has 0 spiro atoms. The number of hydrogen-bond acceptors (Lipinski definition) is 6. The molecule has 0 radical (unpaired) electrons. The van der Waals surface area contributed by atoms with Gasteiger partial charge < -0.3 is 10.1 Å². The molecule has 9 heteroatoms. The Labute approximate surface area is 207 Å². The molecule has 0 fully saturated rings. The van der Waals surface area contributed by atoms with Crippen LogP contribution >= 0.6 is 11.8 Å². The summed E-state index contributed by atoms with van der Waals surface area (Å²) >= 11 is 1.38. The van der Waals surface area contributed by atoms with Gasteiger partial charge in [-0.05, 0) is 56.7 Å². The summed E-state index contributed by atoms with van der Waals surface area (Å²) < 4.78 is 7.32. The molecule has 0 saturated heterocycles. The van der Waals surface area contributed by atoms with E-state index in [9.17, 15) is 14.9 Å². The van der Waals surface area contributed by atoms with Crippen molar-refractivity contribution in [1.29, 1.82) is 0 Å². The Morgan fingerprint density at radius 2 is 1.74 bits per heavy atom. The van der Waals surface area contributed by atoms with Gasteiger partial charge in [0.15, 0.2) is 12.4 Å². The van der Waals surface area contributed by atoms with Crippen molar-refractivity contribution in [3.05, 3.63) is 105 Å². The van der Waals surface area contributed by atoms with Crippen LogP contribution in [0.3, 0.4) is 0 Å². The van der Waals surface area contributed by atoms with E-state index in [1.165, 1.54) is 28.6 Å². The van der Waals surface area contributed by atoms with Crippen LogP contribution in [0.15, 0.2) is 82.7 Å². The number of non-ortho nitro benzene ring substituents is 1. The van der Waals surface area contributed by atoms with Gasteiger partial charge in [-0.3, -0.25) is 14.9 Å². The summed E-state index contributed by atoms with van der Waals surface area (Å²) in [5.41, 5.74) is 3.67. The summed E-state index contributed by atoms with van der Waals surface area (Å²) in [5.74, 6) is 0.273. The van der Waals surface area contributed by atoms with Crippen molar-refractivity contribution >= 4 is 29.0 Å². The van der Waals surface area contributed by atoms with Gasteiger partial charge in [0.1, 0.15) is 5.75 Å². The van der Waals surface area contributed by atoms with E-state index < -0.39 is 10.8 Å². The molecule has 0 atom stereocenters. The maximum Gasteiger partial charge on any atom is 0.276 e. The number of nitrogens with zero attached hydrogens (tertiary/aromatic N) is 3. The maximum absolute atomic E-state index is 12.8. The van der Waals surface area contributed by atoms with Gasteiger partial charge in [0.25, 0.3) is 11.6 Å². The molecule has 4 aromatic rings. The number of aryl methyl sites for hydroxylation is 3. The van der Waals surface area contributed by atoms with Crippen LogP contribution < -0.4 is 10.1 Å². The first kappa shape index (κ1) is 24.0.